The van der Waals surface area contributed by atoms with Gasteiger partial charge >= 0.3 is 0 Å². The first-order chi connectivity index (χ1) is 14.2. The lowest BCUT2D eigenvalue weighted by Gasteiger charge is -2.11. The summed E-state index contributed by atoms with van der Waals surface area (Å²) in [4.78, 5) is 21.9. The summed E-state index contributed by atoms with van der Waals surface area (Å²) >= 11 is 0. The Hall–Kier alpha value is -3.21. The third-order valence-corrected chi connectivity index (χ3v) is 5.32. The molecule has 4 aromatic rings. The molecule has 0 unspecified atom stereocenters. The fourth-order valence-corrected chi connectivity index (χ4v) is 3.84. The number of nitrogens with two attached hydrogens (primary N) is 1. The topological polar surface area (TPSA) is 73.8 Å². The molecular weight excluding hydrogens is 360 g/mol. The van der Waals surface area contributed by atoms with Gasteiger partial charge in [0.25, 0.3) is 0 Å². The summed E-state index contributed by atoms with van der Waals surface area (Å²) < 4.78 is 2.25. The summed E-state index contributed by atoms with van der Waals surface area (Å²) in [5, 5.41) is 1.06. The predicted molar refractivity (Wildman–Crippen MR) is 118 cm³/mol. The minimum Gasteiger partial charge on any atom is -0.382 e. The summed E-state index contributed by atoms with van der Waals surface area (Å²) in [5.74, 6) is 1.67. The molecular formula is C24H26N4O. The first-order valence-corrected chi connectivity index (χ1v) is 10.3. The average molecular weight is 386 g/mol. The Balaban J connectivity index is 1.68. The van der Waals surface area contributed by atoms with Crippen molar-refractivity contribution < 1.29 is 4.79 Å². The van der Waals surface area contributed by atoms with E-state index in [9.17, 15) is 4.79 Å². The van der Waals surface area contributed by atoms with Crippen LogP contribution in [0.4, 0.5) is 5.82 Å². The highest BCUT2D eigenvalue weighted by Crippen LogP contribution is 2.29. The average Bonchev–Trinajstić information content (AvgIpc) is 3.12. The lowest BCUT2D eigenvalue weighted by Crippen LogP contribution is -2.07. The third-order valence-electron chi connectivity index (χ3n) is 5.32. The normalized spacial score (nSPS) is 11.3. The van der Waals surface area contributed by atoms with Gasteiger partial charge in [0.05, 0.1) is 11.0 Å². The van der Waals surface area contributed by atoms with Crippen LogP contribution < -0.4 is 5.73 Å². The van der Waals surface area contributed by atoms with Gasteiger partial charge in [-0.25, -0.2) is 9.97 Å². The van der Waals surface area contributed by atoms with E-state index in [-0.39, 0.29) is 5.78 Å². The second kappa shape index (κ2) is 8.43. The summed E-state index contributed by atoms with van der Waals surface area (Å²) in [5.41, 5.74) is 9.69. The Morgan fingerprint density at radius 2 is 1.76 bits per heavy atom. The van der Waals surface area contributed by atoms with Crippen LogP contribution in [0, 0.1) is 0 Å². The van der Waals surface area contributed by atoms with E-state index in [0.717, 1.165) is 65.6 Å². The molecule has 0 saturated carbocycles. The number of aryl methyl sites for hydroxylation is 2. The molecule has 5 nitrogen and oxygen atoms in total. The van der Waals surface area contributed by atoms with Crippen molar-refractivity contribution in [2.45, 2.75) is 45.6 Å². The van der Waals surface area contributed by atoms with Crippen LogP contribution in [0.25, 0.3) is 21.9 Å². The smallest absolute Gasteiger partial charge is 0.162 e. The number of rotatable bonds is 8. The maximum Gasteiger partial charge on any atom is 0.162 e. The lowest BCUT2D eigenvalue weighted by molar-refractivity contribution is 0.0978. The number of anilines is 1. The van der Waals surface area contributed by atoms with Crippen molar-refractivity contribution in [3.63, 3.8) is 0 Å². The van der Waals surface area contributed by atoms with Gasteiger partial charge in [-0.1, -0.05) is 61.9 Å². The number of para-hydroxylation sites is 1. The molecule has 0 spiro atoms. The zero-order valence-corrected chi connectivity index (χ0v) is 16.8. The molecule has 2 aromatic carbocycles. The fraction of sp³-hybridized carbons (Fsp3) is 0.292. The number of ketones is 1. The van der Waals surface area contributed by atoms with E-state index in [1.54, 1.807) is 0 Å². The first kappa shape index (κ1) is 19.1. The van der Waals surface area contributed by atoms with Gasteiger partial charge in [0.1, 0.15) is 11.3 Å². The van der Waals surface area contributed by atoms with Crippen molar-refractivity contribution in [2.75, 3.05) is 5.73 Å². The first-order valence-electron chi connectivity index (χ1n) is 10.3. The van der Waals surface area contributed by atoms with Crippen molar-refractivity contribution in [1.82, 2.24) is 14.5 Å². The van der Waals surface area contributed by atoms with Crippen molar-refractivity contribution in [3.05, 3.63) is 66.0 Å². The van der Waals surface area contributed by atoms with E-state index in [0.29, 0.717) is 12.2 Å². The molecule has 5 heteroatoms. The summed E-state index contributed by atoms with van der Waals surface area (Å²) in [7, 11) is 0. The number of nitrogens with zero attached hydrogens (tertiary/aromatic N) is 3. The minimum atomic E-state index is 0.177. The van der Waals surface area contributed by atoms with Gasteiger partial charge in [0.15, 0.2) is 11.6 Å². The van der Waals surface area contributed by atoms with Crippen LogP contribution in [-0.2, 0) is 13.0 Å². The number of hydrogen-bond acceptors (Lipinski definition) is 4. The van der Waals surface area contributed by atoms with E-state index in [2.05, 4.69) is 22.5 Å². The molecule has 0 amide bonds. The van der Waals surface area contributed by atoms with Crippen molar-refractivity contribution in [3.8, 4) is 0 Å². The second-order valence-electron chi connectivity index (χ2n) is 7.39. The number of imidazole rings is 1. The van der Waals surface area contributed by atoms with Gasteiger partial charge in [0, 0.05) is 30.3 Å². The maximum atomic E-state index is 12.5. The van der Waals surface area contributed by atoms with Crippen molar-refractivity contribution in [2.24, 2.45) is 0 Å². The van der Waals surface area contributed by atoms with Crippen LogP contribution >= 0.6 is 0 Å². The largest absolute Gasteiger partial charge is 0.382 e. The number of aromatic nitrogens is 3. The van der Waals surface area contributed by atoms with E-state index in [1.165, 1.54) is 0 Å². The Bertz CT molecular complexity index is 1150. The summed E-state index contributed by atoms with van der Waals surface area (Å²) in [6.07, 6.45) is 4.33. The SMILES string of the molecule is CCCCc1nc2c(N)nc3ccccc3c2n1CCCC(=O)c1ccccc1. The number of pyridine rings is 1. The van der Waals surface area contributed by atoms with Gasteiger partial charge in [-0.05, 0) is 18.9 Å². The zero-order chi connectivity index (χ0) is 20.2. The monoisotopic (exact) mass is 386 g/mol. The van der Waals surface area contributed by atoms with Crippen molar-refractivity contribution in [1.29, 1.82) is 0 Å². The van der Waals surface area contributed by atoms with E-state index < -0.39 is 0 Å². The molecule has 0 aliphatic carbocycles. The number of benzene rings is 2. The van der Waals surface area contributed by atoms with Crippen LogP contribution in [0.5, 0.6) is 0 Å². The second-order valence-corrected chi connectivity index (χ2v) is 7.39. The molecule has 0 radical (unpaired) electrons. The van der Waals surface area contributed by atoms with Gasteiger partial charge in [0.2, 0.25) is 0 Å². The molecule has 2 aromatic heterocycles. The van der Waals surface area contributed by atoms with E-state index in [4.69, 9.17) is 10.7 Å². The van der Waals surface area contributed by atoms with Crippen LogP contribution in [-0.4, -0.2) is 20.3 Å². The highest BCUT2D eigenvalue weighted by atomic mass is 16.1. The van der Waals surface area contributed by atoms with Crippen LogP contribution in [0.15, 0.2) is 54.6 Å². The highest BCUT2D eigenvalue weighted by molar-refractivity contribution is 6.06. The Labute approximate surface area is 170 Å². The molecule has 0 saturated heterocycles. The van der Waals surface area contributed by atoms with Gasteiger partial charge in [-0.2, -0.15) is 0 Å². The van der Waals surface area contributed by atoms with E-state index in [1.807, 2.05) is 48.5 Å². The van der Waals surface area contributed by atoms with Gasteiger partial charge in [-0.3, -0.25) is 4.79 Å². The fourth-order valence-electron chi connectivity index (χ4n) is 3.84. The Morgan fingerprint density at radius 1 is 1.00 bits per heavy atom. The number of fused-ring (bicyclic) bond motifs is 3. The molecule has 4 rings (SSSR count). The number of carbonyl (C=O) groups excluding carboxylic acids is 1. The molecule has 0 aliphatic rings. The van der Waals surface area contributed by atoms with Crippen LogP contribution in [0.3, 0.4) is 0 Å². The number of unbranched alkanes of at least 4 members (excludes halogenated alkanes) is 1. The Kier molecular flexibility index (Phi) is 5.56. The third kappa shape index (κ3) is 3.86. The molecule has 0 aliphatic heterocycles. The predicted octanol–water partition coefficient (Wildman–Crippen LogP) is 5.17. The number of Topliss-reactive ketones (excluding diaryl/α,β-unsaturated/α-hetero) is 1. The Morgan fingerprint density at radius 3 is 2.55 bits per heavy atom. The quantitative estimate of drug-likeness (QED) is 0.424. The van der Waals surface area contributed by atoms with Crippen molar-refractivity contribution >= 4 is 33.5 Å². The summed E-state index contributed by atoms with van der Waals surface area (Å²) in [6, 6.07) is 17.5. The number of hydrogen-bond donors (Lipinski definition) is 1. The van der Waals surface area contributed by atoms with Gasteiger partial charge in [-0.15, -0.1) is 0 Å². The molecule has 29 heavy (non-hydrogen) atoms. The number of carbonyl (C=O) groups is 1. The standard InChI is InChI=1S/C24H26N4O/c1-2-3-15-21-27-22-23(18-12-7-8-13-19(18)26-24(22)25)28(21)16-9-14-20(29)17-10-5-4-6-11-17/h4-8,10-13H,2-3,9,14-16H2,1H3,(H2,25,26). The van der Waals surface area contributed by atoms with Crippen LogP contribution in [0.1, 0.15) is 48.8 Å². The number of nitrogen functional groups attached to an aromatic ring is 1. The molecule has 2 N–H and O–H groups in total. The molecule has 148 valence electrons. The molecule has 2 heterocycles. The maximum absolute atomic E-state index is 12.5. The highest BCUT2D eigenvalue weighted by Gasteiger charge is 2.17. The van der Waals surface area contributed by atoms with Crippen LogP contribution in [0.2, 0.25) is 0 Å². The minimum absolute atomic E-state index is 0.177. The zero-order valence-electron chi connectivity index (χ0n) is 16.8. The van der Waals surface area contributed by atoms with E-state index >= 15 is 0 Å². The van der Waals surface area contributed by atoms with Gasteiger partial charge < -0.3 is 10.3 Å². The molecule has 0 atom stereocenters. The molecule has 0 bridgehead atoms. The molecule has 0 fully saturated rings. The lowest BCUT2D eigenvalue weighted by atomic mass is 10.1. The summed E-state index contributed by atoms with van der Waals surface area (Å²) in [6.45, 7) is 2.92.